The second-order valence-electron chi connectivity index (χ2n) is 14.6. The van der Waals surface area contributed by atoms with E-state index in [2.05, 4.69) is 0 Å². The Labute approximate surface area is 233 Å². The molecule has 38 heavy (non-hydrogen) atoms. The van der Waals surface area contributed by atoms with Gasteiger partial charge in [0.1, 0.15) is 17.3 Å². The highest BCUT2D eigenvalue weighted by Gasteiger charge is 2.56. The number of ether oxygens (including phenoxy) is 3. The number of carbonyl (C=O) groups excluding carboxylic acids is 3. The third kappa shape index (κ3) is 12.0. The Bertz CT molecular complexity index is 739. The predicted octanol–water partition coefficient (Wildman–Crippen LogP) is 7.29. The zero-order chi connectivity index (χ0) is 29.4. The Morgan fingerprint density at radius 3 is 1.16 bits per heavy atom. The smallest absolute Gasteiger partial charge is 0.138 e. The van der Waals surface area contributed by atoms with E-state index < -0.39 is 16.2 Å². The second kappa shape index (κ2) is 14.0. The van der Waals surface area contributed by atoms with Gasteiger partial charge < -0.3 is 14.2 Å². The normalized spacial score (nSPS) is 26.5. The second-order valence-corrected chi connectivity index (χ2v) is 14.6. The maximum Gasteiger partial charge on any atom is 0.138 e. The molecule has 1 aliphatic rings. The van der Waals surface area contributed by atoms with Gasteiger partial charge in [-0.3, -0.25) is 14.4 Å². The third-order valence-electron chi connectivity index (χ3n) is 7.53. The van der Waals surface area contributed by atoms with Crippen LogP contribution >= 0.6 is 0 Å². The highest BCUT2D eigenvalue weighted by atomic mass is 16.5. The van der Waals surface area contributed by atoms with Gasteiger partial charge >= 0.3 is 0 Å². The van der Waals surface area contributed by atoms with Crippen LogP contribution in [0, 0.1) is 16.2 Å². The van der Waals surface area contributed by atoms with Crippen molar-refractivity contribution in [1.29, 1.82) is 0 Å². The number of ketones is 3. The summed E-state index contributed by atoms with van der Waals surface area (Å²) in [6.45, 7) is 23.5. The molecule has 6 nitrogen and oxygen atoms in total. The molecular formula is C32H58O6. The summed E-state index contributed by atoms with van der Waals surface area (Å²) >= 11 is 0. The van der Waals surface area contributed by atoms with Crippen LogP contribution in [-0.4, -0.2) is 54.5 Å². The molecule has 0 bridgehead atoms. The number of Topliss-reactive ketones (excluding diaryl/α,β-unsaturated/α-hetero) is 3. The van der Waals surface area contributed by atoms with Crippen molar-refractivity contribution in [3.05, 3.63) is 0 Å². The highest BCUT2D eigenvalue weighted by molar-refractivity contribution is 5.92. The van der Waals surface area contributed by atoms with E-state index in [1.54, 1.807) is 0 Å². The third-order valence-corrected chi connectivity index (χ3v) is 7.53. The van der Waals surface area contributed by atoms with Gasteiger partial charge in [0.15, 0.2) is 0 Å². The molecule has 0 aromatic heterocycles. The van der Waals surface area contributed by atoms with E-state index in [9.17, 15) is 14.4 Å². The van der Waals surface area contributed by atoms with E-state index in [1.807, 2.05) is 76.2 Å². The summed E-state index contributed by atoms with van der Waals surface area (Å²) in [7, 11) is 0. The first-order valence-electron chi connectivity index (χ1n) is 14.7. The van der Waals surface area contributed by atoms with Crippen LogP contribution < -0.4 is 0 Å². The first kappa shape index (κ1) is 34.9. The molecule has 0 saturated heterocycles. The Morgan fingerprint density at radius 2 is 0.895 bits per heavy atom. The molecule has 6 heteroatoms. The summed E-state index contributed by atoms with van der Waals surface area (Å²) < 4.78 is 17.3. The quantitative estimate of drug-likeness (QED) is 0.192. The average Bonchev–Trinajstić information content (AvgIpc) is 2.74. The summed E-state index contributed by atoms with van der Waals surface area (Å²) in [4.78, 5) is 40.9. The van der Waals surface area contributed by atoms with E-state index in [1.165, 1.54) is 0 Å². The molecule has 222 valence electrons. The maximum atomic E-state index is 13.7. The SMILES string of the molecule is CC(C)OCCCC(=O)C1(C)CC(C)(C(=O)CCCOC(C)(C)C)CC(C)(C(=O)CCCOC(C)(C)C)C1. The minimum absolute atomic E-state index is 0.127. The minimum atomic E-state index is -0.731. The van der Waals surface area contributed by atoms with Crippen molar-refractivity contribution in [1.82, 2.24) is 0 Å². The van der Waals surface area contributed by atoms with Gasteiger partial charge in [0, 0.05) is 55.3 Å². The van der Waals surface area contributed by atoms with Gasteiger partial charge in [0.05, 0.1) is 17.3 Å². The van der Waals surface area contributed by atoms with Crippen LogP contribution in [-0.2, 0) is 28.6 Å². The fourth-order valence-corrected chi connectivity index (χ4v) is 6.04. The fraction of sp³-hybridized carbons (Fsp3) is 0.906. The predicted molar refractivity (Wildman–Crippen MR) is 153 cm³/mol. The Kier molecular flexibility index (Phi) is 12.9. The standard InChI is InChI=1S/C32H58O6/c1-24(2)36-18-12-15-25(33)30(9)21-31(10,26(34)16-13-19-37-28(3,4)5)23-32(11,22-30)27(35)17-14-20-38-29(6,7)8/h24H,12-23H2,1-11H3. The number of rotatable bonds is 16. The maximum absolute atomic E-state index is 13.7. The lowest BCUT2D eigenvalue weighted by Crippen LogP contribution is -2.52. The van der Waals surface area contributed by atoms with Gasteiger partial charge in [-0.25, -0.2) is 0 Å². The molecule has 0 radical (unpaired) electrons. The Morgan fingerprint density at radius 1 is 0.605 bits per heavy atom. The Balaban J connectivity index is 3.06. The number of hydrogen-bond donors (Lipinski definition) is 0. The summed E-state index contributed by atoms with van der Waals surface area (Å²) in [5.41, 5.74) is -2.68. The molecule has 0 aromatic carbocycles. The molecule has 1 saturated carbocycles. The van der Waals surface area contributed by atoms with Gasteiger partial charge in [0.2, 0.25) is 0 Å². The number of carbonyl (C=O) groups is 3. The Hall–Kier alpha value is -1.11. The molecule has 2 atom stereocenters. The van der Waals surface area contributed by atoms with Crippen molar-refractivity contribution in [2.75, 3.05) is 19.8 Å². The lowest BCUT2D eigenvalue weighted by molar-refractivity contribution is -0.152. The average molecular weight is 539 g/mol. The van der Waals surface area contributed by atoms with Gasteiger partial charge in [-0.1, -0.05) is 20.8 Å². The molecule has 0 heterocycles. The lowest BCUT2D eigenvalue weighted by Gasteiger charge is -2.51. The monoisotopic (exact) mass is 538 g/mol. The van der Waals surface area contributed by atoms with Crippen molar-refractivity contribution in [2.24, 2.45) is 16.2 Å². The summed E-state index contributed by atoms with van der Waals surface area (Å²) in [6, 6.07) is 0. The fourth-order valence-electron chi connectivity index (χ4n) is 6.04. The zero-order valence-corrected chi connectivity index (χ0v) is 26.5. The molecule has 1 aliphatic carbocycles. The largest absolute Gasteiger partial charge is 0.379 e. The lowest BCUT2D eigenvalue weighted by atomic mass is 9.50. The molecule has 0 amide bonds. The van der Waals surface area contributed by atoms with Gasteiger partial charge in [-0.05, 0) is 93.9 Å². The van der Waals surface area contributed by atoms with Crippen LogP contribution in [0.2, 0.25) is 0 Å². The first-order chi connectivity index (χ1) is 17.2. The summed E-state index contributed by atoms with van der Waals surface area (Å²) in [5, 5.41) is 0. The van der Waals surface area contributed by atoms with Crippen LogP contribution in [0.1, 0.15) is 134 Å². The van der Waals surface area contributed by atoms with E-state index >= 15 is 0 Å². The zero-order valence-electron chi connectivity index (χ0n) is 26.5. The van der Waals surface area contributed by atoms with E-state index in [0.29, 0.717) is 77.6 Å². The van der Waals surface area contributed by atoms with Crippen LogP contribution in [0.3, 0.4) is 0 Å². The van der Waals surface area contributed by atoms with Crippen molar-refractivity contribution >= 4 is 17.3 Å². The summed E-state index contributed by atoms with van der Waals surface area (Å²) in [6.07, 6.45) is 4.68. The van der Waals surface area contributed by atoms with Crippen molar-refractivity contribution in [3.8, 4) is 0 Å². The van der Waals surface area contributed by atoms with E-state index in [-0.39, 0.29) is 34.7 Å². The van der Waals surface area contributed by atoms with Crippen molar-refractivity contribution in [3.63, 3.8) is 0 Å². The van der Waals surface area contributed by atoms with Crippen LogP contribution in [0.15, 0.2) is 0 Å². The molecule has 0 spiro atoms. The van der Waals surface area contributed by atoms with E-state index in [0.717, 1.165) is 0 Å². The van der Waals surface area contributed by atoms with Crippen LogP contribution in [0.4, 0.5) is 0 Å². The van der Waals surface area contributed by atoms with Crippen molar-refractivity contribution in [2.45, 2.75) is 151 Å². The van der Waals surface area contributed by atoms with Gasteiger partial charge in [-0.2, -0.15) is 0 Å². The molecule has 0 aliphatic heterocycles. The molecule has 0 N–H and O–H groups in total. The molecule has 1 fully saturated rings. The summed E-state index contributed by atoms with van der Waals surface area (Å²) in [5.74, 6) is 0.397. The van der Waals surface area contributed by atoms with Crippen molar-refractivity contribution < 1.29 is 28.6 Å². The first-order valence-corrected chi connectivity index (χ1v) is 14.7. The van der Waals surface area contributed by atoms with Crippen LogP contribution in [0.5, 0.6) is 0 Å². The molecule has 1 rings (SSSR count). The highest BCUT2D eigenvalue weighted by Crippen LogP contribution is 2.56. The van der Waals surface area contributed by atoms with Crippen LogP contribution in [0.25, 0.3) is 0 Å². The topological polar surface area (TPSA) is 78.9 Å². The van der Waals surface area contributed by atoms with Gasteiger partial charge in [0.25, 0.3) is 0 Å². The molecular weight excluding hydrogens is 480 g/mol. The minimum Gasteiger partial charge on any atom is -0.379 e. The molecule has 2 unspecified atom stereocenters. The van der Waals surface area contributed by atoms with Gasteiger partial charge in [-0.15, -0.1) is 0 Å². The number of hydrogen-bond acceptors (Lipinski definition) is 6. The van der Waals surface area contributed by atoms with E-state index in [4.69, 9.17) is 14.2 Å². The molecule has 0 aromatic rings.